The lowest BCUT2D eigenvalue weighted by Crippen LogP contribution is -2.26. The maximum Gasteiger partial charge on any atom is -0.00636 e. The molecule has 0 bridgehead atoms. The van der Waals surface area contributed by atoms with Crippen LogP contribution in [0.5, 0.6) is 0 Å². The van der Waals surface area contributed by atoms with Crippen molar-refractivity contribution in [3.05, 3.63) is 107 Å². The number of rotatable bonds is 8. The molecule has 0 aromatic heterocycles. The molecule has 0 N–H and O–H groups in total. The zero-order chi connectivity index (χ0) is 24.9. The summed E-state index contributed by atoms with van der Waals surface area (Å²) in [6.45, 7) is 19.4. The van der Waals surface area contributed by atoms with E-state index in [1.807, 2.05) is 0 Å². The largest absolute Gasteiger partial charge is 0.0911 e. The van der Waals surface area contributed by atoms with Crippen LogP contribution < -0.4 is 0 Å². The third kappa shape index (κ3) is 7.29. The predicted molar refractivity (Wildman–Crippen MR) is 154 cm³/mol. The first kappa shape index (κ1) is 26.7. The molecule has 34 heavy (non-hydrogen) atoms. The molecule has 0 radical (unpaired) electrons. The summed E-state index contributed by atoms with van der Waals surface area (Å²) in [7, 11) is -0.164. The van der Waals surface area contributed by atoms with Gasteiger partial charge >= 0.3 is 0 Å². The van der Waals surface area contributed by atoms with E-state index in [4.69, 9.17) is 0 Å². The number of hydrogen-bond acceptors (Lipinski definition) is 0. The molecule has 0 aliphatic heterocycles. The fraction of sp³-hybridized carbons (Fsp3) is 0.455. The maximum absolute atomic E-state index is 2.57. The summed E-state index contributed by atoms with van der Waals surface area (Å²) >= 11 is 0. The molecule has 1 heteroatoms. The van der Waals surface area contributed by atoms with Gasteiger partial charge in [-0.25, -0.2) is 0 Å². The highest BCUT2D eigenvalue weighted by Crippen LogP contribution is 2.61. The molecule has 2 unspecified atom stereocenters. The van der Waals surface area contributed by atoms with Crippen LogP contribution in [-0.4, -0.2) is 10.3 Å². The molecule has 3 aromatic carbocycles. The fourth-order valence-electron chi connectivity index (χ4n) is 5.42. The quantitative estimate of drug-likeness (QED) is 0.286. The van der Waals surface area contributed by atoms with Crippen molar-refractivity contribution in [1.29, 1.82) is 0 Å². The molecule has 2 atom stereocenters. The van der Waals surface area contributed by atoms with Crippen LogP contribution >= 0.6 is 7.92 Å². The highest BCUT2D eigenvalue weighted by atomic mass is 31.1. The second kappa shape index (κ2) is 11.2. The molecule has 0 saturated carbocycles. The zero-order valence-electron chi connectivity index (χ0n) is 22.7. The van der Waals surface area contributed by atoms with Crippen LogP contribution in [0.25, 0.3) is 0 Å². The Morgan fingerprint density at radius 1 is 0.559 bits per heavy atom. The van der Waals surface area contributed by atoms with Gasteiger partial charge in [0.1, 0.15) is 0 Å². The van der Waals surface area contributed by atoms with Crippen LogP contribution in [0.4, 0.5) is 0 Å². The lowest BCUT2D eigenvalue weighted by atomic mass is 9.83. The highest BCUT2D eigenvalue weighted by molar-refractivity contribution is 7.60. The average molecular weight is 473 g/mol. The Bertz CT molecular complexity index is 1010. The summed E-state index contributed by atoms with van der Waals surface area (Å²) < 4.78 is 0. The molecule has 0 aliphatic rings. The highest BCUT2D eigenvalue weighted by Gasteiger charge is 2.34. The van der Waals surface area contributed by atoms with Gasteiger partial charge in [-0.2, -0.15) is 0 Å². The molecule has 0 spiro atoms. The predicted octanol–water partition coefficient (Wildman–Crippen LogP) is 9.96. The minimum absolute atomic E-state index is 0.164. The van der Waals surface area contributed by atoms with Crippen LogP contribution in [0.1, 0.15) is 95.0 Å². The van der Waals surface area contributed by atoms with Gasteiger partial charge < -0.3 is 0 Å². The molecule has 0 aliphatic carbocycles. The minimum atomic E-state index is -0.164. The van der Waals surface area contributed by atoms with E-state index < -0.39 is 0 Å². The van der Waals surface area contributed by atoms with Crippen LogP contribution in [-0.2, 0) is 19.0 Å². The van der Waals surface area contributed by atoms with E-state index in [-0.39, 0.29) is 7.92 Å². The molecule has 3 aromatic rings. The average Bonchev–Trinajstić information content (AvgIpc) is 2.77. The van der Waals surface area contributed by atoms with Crippen molar-refractivity contribution in [2.75, 3.05) is 0 Å². The lowest BCUT2D eigenvalue weighted by molar-refractivity contribution is 0.694. The number of hydrogen-bond donors (Lipinski definition) is 0. The third-order valence-electron chi connectivity index (χ3n) is 6.94. The molecular formula is C33H45P. The van der Waals surface area contributed by atoms with Gasteiger partial charge in [0.15, 0.2) is 0 Å². The monoisotopic (exact) mass is 472 g/mol. The maximum atomic E-state index is 2.57. The molecule has 0 heterocycles. The van der Waals surface area contributed by atoms with Gasteiger partial charge in [-0.3, -0.25) is 0 Å². The Hall–Kier alpha value is -1.91. The van der Waals surface area contributed by atoms with Crippen LogP contribution in [0.3, 0.4) is 0 Å². The zero-order valence-corrected chi connectivity index (χ0v) is 23.6. The van der Waals surface area contributed by atoms with Crippen LogP contribution in [0.15, 0.2) is 78.9 Å². The van der Waals surface area contributed by atoms with Gasteiger partial charge in [0.05, 0.1) is 0 Å². The van der Waals surface area contributed by atoms with E-state index >= 15 is 0 Å². The summed E-state index contributed by atoms with van der Waals surface area (Å²) in [4.78, 5) is 0. The van der Waals surface area contributed by atoms with Crippen molar-refractivity contribution in [3.63, 3.8) is 0 Å². The molecular weight excluding hydrogens is 427 g/mol. The lowest BCUT2D eigenvalue weighted by Gasteiger charge is -2.42. The Morgan fingerprint density at radius 3 is 1.44 bits per heavy atom. The van der Waals surface area contributed by atoms with Crippen molar-refractivity contribution < 1.29 is 0 Å². The Kier molecular flexibility index (Phi) is 8.81. The van der Waals surface area contributed by atoms with Gasteiger partial charge in [-0.15, -0.1) is 0 Å². The summed E-state index contributed by atoms with van der Waals surface area (Å²) in [5.41, 5.74) is 7.43. The van der Waals surface area contributed by atoms with Crippen LogP contribution in [0, 0.1) is 0 Å². The van der Waals surface area contributed by atoms with E-state index in [9.17, 15) is 0 Å². The summed E-state index contributed by atoms with van der Waals surface area (Å²) in [5, 5.41) is 0.672. The van der Waals surface area contributed by atoms with Crippen molar-refractivity contribution in [1.82, 2.24) is 0 Å². The molecule has 0 saturated heterocycles. The van der Waals surface area contributed by atoms with Gasteiger partial charge in [0, 0.05) is 0 Å². The SMILES string of the molecule is CC(Cc1ccccc1)c1ccc(CP(C(C)(C)C)C(C)(C)C)cc1C(C)Cc1ccccc1. The molecule has 182 valence electrons. The standard InChI is InChI=1S/C33H45P/c1-25(21-27-15-11-9-12-16-27)30-20-19-29(24-34(32(3,4)5)33(6,7)8)23-31(30)26(2)22-28-17-13-10-14-18-28/h9-20,23,25-26H,21-22,24H2,1-8H3. The smallest absolute Gasteiger partial charge is 0.00636 e. The first-order chi connectivity index (χ1) is 15.9. The Morgan fingerprint density at radius 2 is 1.00 bits per heavy atom. The van der Waals surface area contributed by atoms with E-state index in [1.165, 1.54) is 28.4 Å². The molecule has 3 rings (SSSR count). The molecule has 0 amide bonds. The van der Waals surface area contributed by atoms with Gasteiger partial charge in [-0.05, 0) is 69.0 Å². The fourth-order valence-corrected chi connectivity index (χ4v) is 8.94. The normalized spacial score (nSPS) is 14.3. The molecule has 0 nitrogen and oxygen atoms in total. The van der Waals surface area contributed by atoms with Crippen molar-refractivity contribution >= 4 is 7.92 Å². The van der Waals surface area contributed by atoms with E-state index in [1.54, 1.807) is 5.56 Å². The van der Waals surface area contributed by atoms with E-state index in [0.717, 1.165) is 12.8 Å². The topological polar surface area (TPSA) is 0 Å². The first-order valence-electron chi connectivity index (χ1n) is 12.9. The third-order valence-corrected chi connectivity index (χ3v) is 10.9. The van der Waals surface area contributed by atoms with E-state index in [2.05, 4.69) is 134 Å². The minimum Gasteiger partial charge on any atom is -0.0911 e. The second-order valence-corrected chi connectivity index (χ2v) is 15.9. The van der Waals surface area contributed by atoms with Gasteiger partial charge in [0.25, 0.3) is 0 Å². The van der Waals surface area contributed by atoms with Gasteiger partial charge in [0.2, 0.25) is 0 Å². The molecule has 0 fully saturated rings. The van der Waals surface area contributed by atoms with E-state index in [0.29, 0.717) is 22.1 Å². The summed E-state index contributed by atoms with van der Waals surface area (Å²) in [6, 6.07) is 29.4. The first-order valence-corrected chi connectivity index (χ1v) is 14.5. The summed E-state index contributed by atoms with van der Waals surface area (Å²) in [5.74, 6) is 0.988. The Balaban J connectivity index is 1.96. The summed E-state index contributed by atoms with van der Waals surface area (Å²) in [6.07, 6.45) is 3.37. The number of benzene rings is 3. The van der Waals surface area contributed by atoms with Crippen molar-refractivity contribution in [2.45, 2.75) is 96.5 Å². The Labute approximate surface area is 211 Å². The van der Waals surface area contributed by atoms with Crippen molar-refractivity contribution in [3.8, 4) is 0 Å². The second-order valence-electron chi connectivity index (χ2n) is 12.1. The van der Waals surface area contributed by atoms with Crippen molar-refractivity contribution in [2.24, 2.45) is 0 Å². The van der Waals surface area contributed by atoms with Crippen LogP contribution in [0.2, 0.25) is 0 Å². The van der Waals surface area contributed by atoms with Gasteiger partial charge in [-0.1, -0.05) is 142 Å².